The lowest BCUT2D eigenvalue weighted by Gasteiger charge is -2.21. The highest BCUT2D eigenvalue weighted by atomic mass is 16.1. The van der Waals surface area contributed by atoms with Gasteiger partial charge in [0, 0.05) is 24.7 Å². The Morgan fingerprint density at radius 3 is 2.41 bits per heavy atom. The van der Waals surface area contributed by atoms with Crippen molar-refractivity contribution in [2.45, 2.75) is 53.4 Å². The first-order valence-corrected chi connectivity index (χ1v) is 6.55. The van der Waals surface area contributed by atoms with E-state index in [1.807, 2.05) is 13.8 Å². The summed E-state index contributed by atoms with van der Waals surface area (Å²) < 4.78 is 0. The number of allylic oxidation sites excluding steroid dienone is 2. The van der Waals surface area contributed by atoms with Crippen LogP contribution in [-0.2, 0) is 9.59 Å². The van der Waals surface area contributed by atoms with Gasteiger partial charge in [-0.1, -0.05) is 39.8 Å². The smallest absolute Gasteiger partial charge is 0.136 e. The molecule has 0 fully saturated rings. The van der Waals surface area contributed by atoms with E-state index < -0.39 is 0 Å². The van der Waals surface area contributed by atoms with Crippen LogP contribution in [0, 0.1) is 17.3 Å². The third-order valence-electron chi connectivity index (χ3n) is 3.61. The Hall–Kier alpha value is -0.920. The summed E-state index contributed by atoms with van der Waals surface area (Å²) in [6.07, 6.45) is 6.77. The van der Waals surface area contributed by atoms with E-state index in [0.717, 1.165) is 6.42 Å². The zero-order valence-electron chi connectivity index (χ0n) is 11.5. The van der Waals surface area contributed by atoms with E-state index in [4.69, 9.17) is 0 Å². The van der Waals surface area contributed by atoms with Crippen LogP contribution < -0.4 is 0 Å². The van der Waals surface area contributed by atoms with Gasteiger partial charge in [-0.15, -0.1) is 0 Å². The lowest BCUT2D eigenvalue weighted by molar-refractivity contribution is -0.125. The van der Waals surface area contributed by atoms with Crippen molar-refractivity contribution in [3.63, 3.8) is 0 Å². The standard InChI is InChI=1S/C15H24O2/c1-11-6-5-9-15(3,4)10-14(17)12(2)7-8-13(11)16/h5,9,11-12H,6-8,10H2,1-4H3/b9-5-/t11-,12+/m0/s1. The first-order valence-electron chi connectivity index (χ1n) is 6.55. The number of hydrogen-bond donors (Lipinski definition) is 0. The van der Waals surface area contributed by atoms with Crippen molar-refractivity contribution in [2.75, 3.05) is 0 Å². The highest BCUT2D eigenvalue weighted by molar-refractivity contribution is 5.84. The summed E-state index contributed by atoms with van der Waals surface area (Å²) in [5.41, 5.74) is -0.0849. The minimum absolute atomic E-state index is 0.0110. The lowest BCUT2D eigenvalue weighted by Crippen LogP contribution is -2.20. The van der Waals surface area contributed by atoms with Crippen molar-refractivity contribution >= 4 is 11.6 Å². The van der Waals surface area contributed by atoms with Crippen LogP contribution in [0.4, 0.5) is 0 Å². The molecule has 1 aliphatic carbocycles. The van der Waals surface area contributed by atoms with Crippen LogP contribution in [0.5, 0.6) is 0 Å². The Kier molecular flexibility index (Phi) is 4.67. The first kappa shape index (κ1) is 14.1. The molecule has 0 saturated heterocycles. The molecule has 0 N–H and O–H groups in total. The molecule has 0 saturated carbocycles. The first-order chi connectivity index (χ1) is 7.82. The van der Waals surface area contributed by atoms with Crippen molar-refractivity contribution in [1.82, 2.24) is 0 Å². The molecule has 0 aromatic carbocycles. The second kappa shape index (κ2) is 5.61. The maximum Gasteiger partial charge on any atom is 0.136 e. The highest BCUT2D eigenvalue weighted by Crippen LogP contribution is 2.27. The molecule has 0 radical (unpaired) electrons. The lowest BCUT2D eigenvalue weighted by atomic mass is 9.83. The van der Waals surface area contributed by atoms with Crippen LogP contribution in [0.1, 0.15) is 53.4 Å². The van der Waals surface area contributed by atoms with Gasteiger partial charge in [-0.3, -0.25) is 9.59 Å². The minimum atomic E-state index is -0.0849. The fraction of sp³-hybridized carbons (Fsp3) is 0.733. The van der Waals surface area contributed by atoms with Crippen LogP contribution in [0.25, 0.3) is 0 Å². The zero-order valence-corrected chi connectivity index (χ0v) is 11.5. The van der Waals surface area contributed by atoms with E-state index in [-0.39, 0.29) is 28.8 Å². The Morgan fingerprint density at radius 2 is 1.76 bits per heavy atom. The van der Waals surface area contributed by atoms with Gasteiger partial charge in [0.1, 0.15) is 11.6 Å². The fourth-order valence-electron chi connectivity index (χ4n) is 2.17. The molecule has 0 heterocycles. The summed E-state index contributed by atoms with van der Waals surface area (Å²) in [5.74, 6) is 0.662. The van der Waals surface area contributed by atoms with Crippen molar-refractivity contribution < 1.29 is 9.59 Å². The van der Waals surface area contributed by atoms with E-state index in [9.17, 15) is 9.59 Å². The largest absolute Gasteiger partial charge is 0.299 e. The number of carbonyl (C=O) groups is 2. The summed E-state index contributed by atoms with van der Waals surface area (Å²) in [6.45, 7) is 8.08. The van der Waals surface area contributed by atoms with Crippen molar-refractivity contribution in [3.8, 4) is 0 Å². The predicted molar refractivity (Wildman–Crippen MR) is 69.7 cm³/mol. The molecule has 1 aliphatic rings. The Balaban J connectivity index is 2.84. The van der Waals surface area contributed by atoms with Gasteiger partial charge in [-0.05, 0) is 18.3 Å². The van der Waals surface area contributed by atoms with Gasteiger partial charge in [-0.2, -0.15) is 0 Å². The van der Waals surface area contributed by atoms with Gasteiger partial charge in [0.05, 0.1) is 0 Å². The summed E-state index contributed by atoms with van der Waals surface area (Å²) in [6, 6.07) is 0. The topological polar surface area (TPSA) is 34.1 Å². The Bertz CT molecular complexity index is 326. The van der Waals surface area contributed by atoms with Crippen LogP contribution in [0.2, 0.25) is 0 Å². The number of rotatable bonds is 0. The van der Waals surface area contributed by atoms with Crippen molar-refractivity contribution in [3.05, 3.63) is 12.2 Å². The molecular weight excluding hydrogens is 212 g/mol. The third-order valence-corrected chi connectivity index (χ3v) is 3.61. The Labute approximate surface area is 104 Å². The Morgan fingerprint density at radius 1 is 1.12 bits per heavy atom. The third kappa shape index (κ3) is 4.45. The van der Waals surface area contributed by atoms with Crippen LogP contribution in [0.15, 0.2) is 12.2 Å². The summed E-state index contributed by atoms with van der Waals surface area (Å²) >= 11 is 0. The number of carbonyl (C=O) groups excluding carboxylic acids is 2. The molecule has 0 bridgehead atoms. The molecule has 0 spiro atoms. The molecule has 2 heteroatoms. The molecule has 1 rings (SSSR count). The summed E-state index contributed by atoms with van der Waals surface area (Å²) in [5, 5.41) is 0. The van der Waals surface area contributed by atoms with E-state index in [1.54, 1.807) is 0 Å². The molecule has 17 heavy (non-hydrogen) atoms. The average Bonchev–Trinajstić information content (AvgIpc) is 2.23. The highest BCUT2D eigenvalue weighted by Gasteiger charge is 2.24. The number of Topliss-reactive ketones (excluding diaryl/α,β-unsaturated/α-hetero) is 2. The van der Waals surface area contributed by atoms with Crippen LogP contribution in [-0.4, -0.2) is 11.6 Å². The van der Waals surface area contributed by atoms with E-state index >= 15 is 0 Å². The van der Waals surface area contributed by atoms with Crippen LogP contribution in [0.3, 0.4) is 0 Å². The molecule has 0 unspecified atom stereocenters. The average molecular weight is 236 g/mol. The van der Waals surface area contributed by atoms with Gasteiger partial charge >= 0.3 is 0 Å². The molecule has 2 atom stereocenters. The van der Waals surface area contributed by atoms with Gasteiger partial charge in [-0.25, -0.2) is 0 Å². The van der Waals surface area contributed by atoms with E-state index in [2.05, 4.69) is 26.0 Å². The van der Waals surface area contributed by atoms with Gasteiger partial charge < -0.3 is 0 Å². The molecule has 0 aromatic rings. The monoisotopic (exact) mass is 236 g/mol. The minimum Gasteiger partial charge on any atom is -0.299 e. The summed E-state index contributed by atoms with van der Waals surface area (Å²) in [4.78, 5) is 23.8. The number of ketones is 2. The maximum atomic E-state index is 12.0. The molecule has 0 aromatic heterocycles. The predicted octanol–water partition coefficient (Wildman–Crippen LogP) is 3.55. The molecule has 0 aliphatic heterocycles. The zero-order chi connectivity index (χ0) is 13.1. The second-order valence-corrected chi connectivity index (χ2v) is 6.08. The number of hydrogen-bond acceptors (Lipinski definition) is 2. The maximum absolute atomic E-state index is 12.0. The molecule has 0 amide bonds. The molecular formula is C15H24O2. The quantitative estimate of drug-likeness (QED) is 0.603. The van der Waals surface area contributed by atoms with E-state index in [1.165, 1.54) is 0 Å². The summed E-state index contributed by atoms with van der Waals surface area (Å²) in [7, 11) is 0. The van der Waals surface area contributed by atoms with Crippen LogP contribution >= 0.6 is 0 Å². The van der Waals surface area contributed by atoms with Gasteiger partial charge in [0.25, 0.3) is 0 Å². The SMILES string of the molecule is C[C@@H]1CCC(=O)[C@@H](C)C/C=C\C(C)(C)CC1=O. The fourth-order valence-corrected chi connectivity index (χ4v) is 2.17. The van der Waals surface area contributed by atoms with Gasteiger partial charge in [0.15, 0.2) is 0 Å². The van der Waals surface area contributed by atoms with Crippen molar-refractivity contribution in [2.24, 2.45) is 17.3 Å². The molecule has 2 nitrogen and oxygen atoms in total. The normalized spacial score (nSPS) is 32.9. The second-order valence-electron chi connectivity index (χ2n) is 6.08. The van der Waals surface area contributed by atoms with Gasteiger partial charge in [0.2, 0.25) is 0 Å². The van der Waals surface area contributed by atoms with Crippen molar-refractivity contribution in [1.29, 1.82) is 0 Å². The van der Waals surface area contributed by atoms with E-state index in [0.29, 0.717) is 19.3 Å². The molecule has 96 valence electrons.